The number of carbonyl (C=O) groups excluding carboxylic acids is 1. The van der Waals surface area contributed by atoms with Crippen molar-refractivity contribution in [1.29, 1.82) is 0 Å². The van der Waals surface area contributed by atoms with E-state index in [1.54, 1.807) is 10.9 Å². The van der Waals surface area contributed by atoms with E-state index in [0.29, 0.717) is 6.54 Å². The van der Waals surface area contributed by atoms with Crippen LogP contribution in [0.2, 0.25) is 0 Å². The monoisotopic (exact) mass is 231 g/mol. The summed E-state index contributed by atoms with van der Waals surface area (Å²) in [5.41, 5.74) is 2.54. The molecule has 1 aromatic heterocycles. The summed E-state index contributed by atoms with van der Waals surface area (Å²) in [5, 5.41) is 7.61. The van der Waals surface area contributed by atoms with Gasteiger partial charge < -0.3 is 4.74 Å². The number of ether oxygens (including phenoxy) is 1. The maximum atomic E-state index is 11.2. The van der Waals surface area contributed by atoms with Gasteiger partial charge in [-0.3, -0.25) is 0 Å². The van der Waals surface area contributed by atoms with E-state index >= 15 is 0 Å². The molecular formula is C12H13N3O2. The maximum Gasteiger partial charge on any atom is 0.360 e. The summed E-state index contributed by atoms with van der Waals surface area (Å²) in [6.07, 6.45) is 1.58. The number of esters is 1. The second kappa shape index (κ2) is 4.78. The molecular weight excluding hydrogens is 218 g/mol. The Hall–Kier alpha value is -2.17. The van der Waals surface area contributed by atoms with E-state index in [1.807, 2.05) is 31.2 Å². The second-order valence-electron chi connectivity index (χ2n) is 3.78. The molecule has 0 bridgehead atoms. The summed E-state index contributed by atoms with van der Waals surface area (Å²) in [6.45, 7) is 2.62. The van der Waals surface area contributed by atoms with Crippen molar-refractivity contribution in [2.24, 2.45) is 0 Å². The van der Waals surface area contributed by atoms with Gasteiger partial charge in [0, 0.05) is 0 Å². The Kier molecular flexibility index (Phi) is 3.18. The molecule has 5 heteroatoms. The zero-order valence-electron chi connectivity index (χ0n) is 9.75. The van der Waals surface area contributed by atoms with E-state index < -0.39 is 5.97 Å². The van der Waals surface area contributed by atoms with E-state index in [4.69, 9.17) is 0 Å². The second-order valence-corrected chi connectivity index (χ2v) is 3.78. The normalized spacial score (nSPS) is 10.2. The van der Waals surface area contributed by atoms with Crippen molar-refractivity contribution >= 4 is 5.97 Å². The highest BCUT2D eigenvalue weighted by molar-refractivity contribution is 5.86. The molecule has 0 fully saturated rings. The minimum atomic E-state index is -0.472. The minimum Gasteiger partial charge on any atom is -0.464 e. The molecule has 0 aliphatic rings. The highest BCUT2D eigenvalue weighted by atomic mass is 16.5. The predicted molar refractivity (Wildman–Crippen MR) is 61.6 cm³/mol. The average Bonchev–Trinajstić information content (AvgIpc) is 2.80. The largest absolute Gasteiger partial charge is 0.464 e. The van der Waals surface area contributed by atoms with Gasteiger partial charge >= 0.3 is 5.97 Å². The molecule has 0 aliphatic carbocycles. The van der Waals surface area contributed by atoms with Gasteiger partial charge in [-0.05, 0) is 12.5 Å². The van der Waals surface area contributed by atoms with E-state index in [9.17, 15) is 4.79 Å². The quantitative estimate of drug-likeness (QED) is 0.750. The summed E-state index contributed by atoms with van der Waals surface area (Å²) in [5.74, 6) is -0.472. The highest BCUT2D eigenvalue weighted by Crippen LogP contribution is 2.05. The van der Waals surface area contributed by atoms with Crippen molar-refractivity contribution in [2.75, 3.05) is 7.11 Å². The van der Waals surface area contributed by atoms with Crippen LogP contribution >= 0.6 is 0 Å². The number of nitrogens with zero attached hydrogens (tertiary/aromatic N) is 3. The topological polar surface area (TPSA) is 57.0 Å². The standard InChI is InChI=1S/C12H13N3O2/c1-9-3-5-10(6-4-9)7-15-8-11(13-14-15)12(16)17-2/h3-6,8H,7H2,1-2H3. The van der Waals surface area contributed by atoms with Crippen molar-refractivity contribution < 1.29 is 9.53 Å². The molecule has 0 spiro atoms. The van der Waals surface area contributed by atoms with Gasteiger partial charge in [0.1, 0.15) is 0 Å². The Labute approximate surface area is 99.0 Å². The lowest BCUT2D eigenvalue weighted by Crippen LogP contribution is -2.01. The van der Waals surface area contributed by atoms with Crippen molar-refractivity contribution in [3.05, 3.63) is 47.3 Å². The van der Waals surface area contributed by atoms with Crippen LogP contribution in [0, 0.1) is 6.92 Å². The first-order chi connectivity index (χ1) is 8.19. The van der Waals surface area contributed by atoms with Gasteiger partial charge in [-0.25, -0.2) is 9.48 Å². The van der Waals surface area contributed by atoms with Crippen LogP contribution in [0.4, 0.5) is 0 Å². The van der Waals surface area contributed by atoms with Crippen LogP contribution < -0.4 is 0 Å². The molecule has 1 aromatic carbocycles. The fraction of sp³-hybridized carbons (Fsp3) is 0.250. The molecule has 2 rings (SSSR count). The van der Waals surface area contributed by atoms with E-state index in [2.05, 4.69) is 15.0 Å². The zero-order valence-corrected chi connectivity index (χ0v) is 9.75. The van der Waals surface area contributed by atoms with Crippen molar-refractivity contribution in [2.45, 2.75) is 13.5 Å². The van der Waals surface area contributed by atoms with Gasteiger partial charge in [0.05, 0.1) is 19.9 Å². The van der Waals surface area contributed by atoms with Crippen LogP contribution in [0.3, 0.4) is 0 Å². The molecule has 0 radical (unpaired) electrons. The molecule has 2 aromatic rings. The zero-order chi connectivity index (χ0) is 12.3. The van der Waals surface area contributed by atoms with Crippen LogP contribution in [0.25, 0.3) is 0 Å². The molecule has 1 heterocycles. The molecule has 88 valence electrons. The summed E-state index contributed by atoms with van der Waals surface area (Å²) in [4.78, 5) is 11.2. The minimum absolute atomic E-state index is 0.222. The summed E-state index contributed by atoms with van der Waals surface area (Å²) in [7, 11) is 1.32. The highest BCUT2D eigenvalue weighted by Gasteiger charge is 2.10. The Morgan fingerprint density at radius 3 is 2.71 bits per heavy atom. The Bertz CT molecular complexity index is 517. The predicted octanol–water partition coefficient (Wildman–Crippen LogP) is 1.42. The van der Waals surface area contributed by atoms with Crippen LogP contribution in [0.1, 0.15) is 21.6 Å². The van der Waals surface area contributed by atoms with E-state index in [0.717, 1.165) is 5.56 Å². The molecule has 5 nitrogen and oxygen atoms in total. The molecule has 0 N–H and O–H groups in total. The van der Waals surface area contributed by atoms with Gasteiger partial charge in [-0.15, -0.1) is 5.10 Å². The summed E-state index contributed by atoms with van der Waals surface area (Å²) >= 11 is 0. The van der Waals surface area contributed by atoms with Gasteiger partial charge in [0.25, 0.3) is 0 Å². The third kappa shape index (κ3) is 2.69. The fourth-order valence-corrected chi connectivity index (χ4v) is 1.45. The van der Waals surface area contributed by atoms with Crippen LogP contribution in [-0.2, 0) is 11.3 Å². The van der Waals surface area contributed by atoms with Crippen molar-refractivity contribution in [1.82, 2.24) is 15.0 Å². The number of aryl methyl sites for hydroxylation is 1. The third-order valence-electron chi connectivity index (χ3n) is 2.40. The molecule has 0 saturated heterocycles. The maximum absolute atomic E-state index is 11.2. The number of aromatic nitrogens is 3. The first-order valence-corrected chi connectivity index (χ1v) is 5.23. The lowest BCUT2D eigenvalue weighted by atomic mass is 10.1. The molecule has 0 saturated carbocycles. The Balaban J connectivity index is 2.11. The average molecular weight is 231 g/mol. The smallest absolute Gasteiger partial charge is 0.360 e. The molecule has 0 amide bonds. The Morgan fingerprint density at radius 1 is 1.35 bits per heavy atom. The number of hydrogen-bond donors (Lipinski definition) is 0. The van der Waals surface area contributed by atoms with Crippen molar-refractivity contribution in [3.63, 3.8) is 0 Å². The fourth-order valence-electron chi connectivity index (χ4n) is 1.45. The van der Waals surface area contributed by atoms with Crippen molar-refractivity contribution in [3.8, 4) is 0 Å². The molecule has 0 atom stereocenters. The number of carbonyl (C=O) groups is 1. The number of hydrogen-bond acceptors (Lipinski definition) is 4. The van der Waals surface area contributed by atoms with Crippen LogP contribution in [-0.4, -0.2) is 28.1 Å². The SMILES string of the molecule is COC(=O)c1cn(Cc2ccc(C)cc2)nn1. The van der Waals surface area contributed by atoms with Crippen LogP contribution in [0.5, 0.6) is 0 Å². The van der Waals surface area contributed by atoms with E-state index in [-0.39, 0.29) is 5.69 Å². The number of benzene rings is 1. The molecule has 0 unspecified atom stereocenters. The number of methoxy groups -OCH3 is 1. The lowest BCUT2D eigenvalue weighted by molar-refractivity contribution is 0.0594. The third-order valence-corrected chi connectivity index (χ3v) is 2.40. The van der Waals surface area contributed by atoms with Crippen LogP contribution in [0.15, 0.2) is 30.5 Å². The Morgan fingerprint density at radius 2 is 2.06 bits per heavy atom. The van der Waals surface area contributed by atoms with Gasteiger partial charge in [-0.2, -0.15) is 0 Å². The lowest BCUT2D eigenvalue weighted by Gasteiger charge is -2.00. The first kappa shape index (κ1) is 11.3. The summed E-state index contributed by atoms with van der Waals surface area (Å²) < 4.78 is 6.17. The van der Waals surface area contributed by atoms with Gasteiger partial charge in [-0.1, -0.05) is 35.0 Å². The molecule has 0 aliphatic heterocycles. The molecule has 17 heavy (non-hydrogen) atoms. The number of rotatable bonds is 3. The van der Waals surface area contributed by atoms with Gasteiger partial charge in [0.2, 0.25) is 0 Å². The van der Waals surface area contributed by atoms with Gasteiger partial charge in [0.15, 0.2) is 5.69 Å². The van der Waals surface area contributed by atoms with E-state index in [1.165, 1.54) is 12.7 Å². The summed E-state index contributed by atoms with van der Waals surface area (Å²) in [6, 6.07) is 8.12. The first-order valence-electron chi connectivity index (χ1n) is 5.23.